The molecule has 1 amide bonds. The topological polar surface area (TPSA) is 70.6 Å². The molecule has 1 aliphatic heterocycles. The second kappa shape index (κ2) is 4.63. The van der Waals surface area contributed by atoms with E-state index >= 15 is 0 Å². The lowest BCUT2D eigenvalue weighted by Crippen LogP contribution is -2.52. The Balaban J connectivity index is 2.26. The zero-order valence-corrected chi connectivity index (χ0v) is 9.86. The van der Waals surface area contributed by atoms with Crippen molar-refractivity contribution in [2.45, 2.75) is 19.0 Å². The van der Waals surface area contributed by atoms with Crippen molar-refractivity contribution >= 4 is 5.91 Å². The minimum atomic E-state index is -0.421. The van der Waals surface area contributed by atoms with Crippen LogP contribution in [0.4, 0.5) is 0 Å². The number of hydrogen-bond donors (Lipinski definition) is 3. The average molecular weight is 236 g/mol. The van der Waals surface area contributed by atoms with Gasteiger partial charge >= 0.3 is 0 Å². The SMILES string of the molecule is COc1ccc(C2NC(C)CNC2=O)cc1O. The van der Waals surface area contributed by atoms with Crippen LogP contribution in [0.3, 0.4) is 0 Å². The Hall–Kier alpha value is -1.75. The van der Waals surface area contributed by atoms with Crippen LogP contribution in [0.1, 0.15) is 18.5 Å². The van der Waals surface area contributed by atoms with E-state index in [2.05, 4.69) is 10.6 Å². The van der Waals surface area contributed by atoms with Gasteiger partial charge in [0.15, 0.2) is 11.5 Å². The minimum absolute atomic E-state index is 0.0397. The van der Waals surface area contributed by atoms with E-state index < -0.39 is 6.04 Å². The molecule has 1 saturated heterocycles. The van der Waals surface area contributed by atoms with Gasteiger partial charge in [-0.3, -0.25) is 10.1 Å². The molecule has 1 aromatic carbocycles. The molecular formula is C12H16N2O3. The third kappa shape index (κ3) is 2.34. The molecule has 1 aliphatic rings. The molecular weight excluding hydrogens is 220 g/mol. The Morgan fingerprint density at radius 1 is 1.47 bits per heavy atom. The molecule has 1 fully saturated rings. The van der Waals surface area contributed by atoms with Crippen LogP contribution in [0.25, 0.3) is 0 Å². The van der Waals surface area contributed by atoms with Gasteiger partial charge in [0, 0.05) is 12.6 Å². The number of methoxy groups -OCH3 is 1. The van der Waals surface area contributed by atoms with Gasteiger partial charge in [-0.2, -0.15) is 0 Å². The van der Waals surface area contributed by atoms with Crippen LogP contribution in [-0.2, 0) is 4.79 Å². The monoisotopic (exact) mass is 236 g/mol. The maximum atomic E-state index is 11.7. The summed E-state index contributed by atoms with van der Waals surface area (Å²) < 4.78 is 4.96. The lowest BCUT2D eigenvalue weighted by atomic mass is 10.0. The Labute approximate surface area is 99.8 Å². The Kier molecular flexibility index (Phi) is 3.19. The summed E-state index contributed by atoms with van der Waals surface area (Å²) in [6.45, 7) is 2.62. The number of phenolic OH excluding ortho intramolecular Hbond substituents is 1. The summed E-state index contributed by atoms with van der Waals surface area (Å²) in [7, 11) is 1.49. The number of phenols is 1. The summed E-state index contributed by atoms with van der Waals surface area (Å²) in [5.41, 5.74) is 0.729. The van der Waals surface area contributed by atoms with Crippen molar-refractivity contribution in [2.24, 2.45) is 0 Å². The van der Waals surface area contributed by atoms with Gasteiger partial charge in [-0.1, -0.05) is 6.07 Å². The zero-order chi connectivity index (χ0) is 12.4. The van der Waals surface area contributed by atoms with Gasteiger partial charge in [-0.25, -0.2) is 0 Å². The predicted molar refractivity (Wildman–Crippen MR) is 63.0 cm³/mol. The largest absolute Gasteiger partial charge is 0.504 e. The van der Waals surface area contributed by atoms with E-state index in [1.807, 2.05) is 6.92 Å². The van der Waals surface area contributed by atoms with Crippen LogP contribution in [0.15, 0.2) is 18.2 Å². The maximum absolute atomic E-state index is 11.7. The van der Waals surface area contributed by atoms with Gasteiger partial charge in [0.05, 0.1) is 7.11 Å². The fraction of sp³-hybridized carbons (Fsp3) is 0.417. The van der Waals surface area contributed by atoms with Crippen molar-refractivity contribution in [1.82, 2.24) is 10.6 Å². The average Bonchev–Trinajstić information content (AvgIpc) is 2.32. The molecule has 5 nitrogen and oxygen atoms in total. The van der Waals surface area contributed by atoms with Crippen LogP contribution < -0.4 is 15.4 Å². The van der Waals surface area contributed by atoms with Crippen molar-refractivity contribution in [1.29, 1.82) is 0 Å². The van der Waals surface area contributed by atoms with Crippen molar-refractivity contribution in [2.75, 3.05) is 13.7 Å². The number of rotatable bonds is 2. The van der Waals surface area contributed by atoms with Gasteiger partial charge in [0.25, 0.3) is 0 Å². The second-order valence-electron chi connectivity index (χ2n) is 4.18. The van der Waals surface area contributed by atoms with E-state index in [9.17, 15) is 9.90 Å². The number of nitrogens with one attached hydrogen (secondary N) is 2. The number of hydrogen-bond acceptors (Lipinski definition) is 4. The molecule has 0 spiro atoms. The van der Waals surface area contributed by atoms with E-state index in [0.717, 1.165) is 5.56 Å². The van der Waals surface area contributed by atoms with E-state index in [1.54, 1.807) is 18.2 Å². The molecule has 5 heteroatoms. The first-order valence-corrected chi connectivity index (χ1v) is 5.52. The Morgan fingerprint density at radius 2 is 2.24 bits per heavy atom. The van der Waals surface area contributed by atoms with Gasteiger partial charge in [0.2, 0.25) is 5.91 Å². The number of carbonyl (C=O) groups is 1. The molecule has 0 bridgehead atoms. The molecule has 3 N–H and O–H groups in total. The summed E-state index contributed by atoms with van der Waals surface area (Å²) in [4.78, 5) is 11.7. The first kappa shape index (κ1) is 11.7. The second-order valence-corrected chi connectivity index (χ2v) is 4.18. The van der Waals surface area contributed by atoms with Gasteiger partial charge in [-0.05, 0) is 24.6 Å². The van der Waals surface area contributed by atoms with E-state index in [1.165, 1.54) is 7.11 Å². The maximum Gasteiger partial charge on any atom is 0.241 e. The van der Waals surface area contributed by atoms with E-state index in [-0.39, 0.29) is 17.7 Å². The lowest BCUT2D eigenvalue weighted by molar-refractivity contribution is -0.125. The fourth-order valence-corrected chi connectivity index (χ4v) is 1.91. The summed E-state index contributed by atoms with van der Waals surface area (Å²) in [6, 6.07) is 4.76. The van der Waals surface area contributed by atoms with Crippen LogP contribution >= 0.6 is 0 Å². The highest BCUT2D eigenvalue weighted by Crippen LogP contribution is 2.29. The molecule has 0 aromatic heterocycles. The summed E-state index contributed by atoms with van der Waals surface area (Å²) in [6.07, 6.45) is 0. The summed E-state index contributed by atoms with van der Waals surface area (Å²) in [5.74, 6) is 0.364. The Morgan fingerprint density at radius 3 is 2.88 bits per heavy atom. The summed E-state index contributed by atoms with van der Waals surface area (Å²) >= 11 is 0. The predicted octanol–water partition coefficient (Wildman–Crippen LogP) is 0.550. The standard InChI is InChI=1S/C12H16N2O3/c1-7-6-13-12(16)11(14-7)8-3-4-10(17-2)9(15)5-8/h3-5,7,11,14-15H,6H2,1-2H3,(H,13,16). The molecule has 1 aromatic rings. The Bertz CT molecular complexity index is 434. The van der Waals surface area contributed by atoms with Crippen molar-refractivity contribution in [3.05, 3.63) is 23.8 Å². The third-order valence-electron chi connectivity index (χ3n) is 2.83. The van der Waals surface area contributed by atoms with Crippen LogP contribution in [0, 0.1) is 0 Å². The first-order valence-electron chi connectivity index (χ1n) is 5.52. The quantitative estimate of drug-likeness (QED) is 0.701. The molecule has 2 atom stereocenters. The molecule has 17 heavy (non-hydrogen) atoms. The van der Waals surface area contributed by atoms with E-state index in [0.29, 0.717) is 12.3 Å². The highest BCUT2D eigenvalue weighted by Gasteiger charge is 2.27. The van der Waals surface area contributed by atoms with Crippen LogP contribution in [0.5, 0.6) is 11.5 Å². The van der Waals surface area contributed by atoms with Gasteiger partial charge in [-0.15, -0.1) is 0 Å². The zero-order valence-electron chi connectivity index (χ0n) is 9.86. The highest BCUT2D eigenvalue weighted by molar-refractivity contribution is 5.84. The van der Waals surface area contributed by atoms with Gasteiger partial charge < -0.3 is 15.2 Å². The van der Waals surface area contributed by atoms with E-state index in [4.69, 9.17) is 4.74 Å². The minimum Gasteiger partial charge on any atom is -0.504 e. The van der Waals surface area contributed by atoms with Crippen LogP contribution in [-0.4, -0.2) is 30.7 Å². The summed E-state index contributed by atoms with van der Waals surface area (Å²) in [5, 5.41) is 15.7. The molecule has 0 saturated carbocycles. The molecule has 0 radical (unpaired) electrons. The van der Waals surface area contributed by atoms with Crippen molar-refractivity contribution in [3.8, 4) is 11.5 Å². The fourth-order valence-electron chi connectivity index (χ4n) is 1.91. The highest BCUT2D eigenvalue weighted by atomic mass is 16.5. The van der Waals surface area contributed by atoms with Crippen LogP contribution in [0.2, 0.25) is 0 Å². The number of benzene rings is 1. The molecule has 2 unspecified atom stereocenters. The van der Waals surface area contributed by atoms with Crippen molar-refractivity contribution in [3.63, 3.8) is 0 Å². The van der Waals surface area contributed by atoms with Crippen molar-refractivity contribution < 1.29 is 14.6 Å². The van der Waals surface area contributed by atoms with Gasteiger partial charge in [0.1, 0.15) is 6.04 Å². The molecule has 0 aliphatic carbocycles. The number of amides is 1. The number of carbonyl (C=O) groups excluding carboxylic acids is 1. The number of aromatic hydroxyl groups is 1. The first-order chi connectivity index (χ1) is 8.11. The number of ether oxygens (including phenoxy) is 1. The lowest BCUT2D eigenvalue weighted by Gasteiger charge is -2.29. The third-order valence-corrected chi connectivity index (χ3v) is 2.83. The molecule has 92 valence electrons. The number of piperazine rings is 1. The normalized spacial score (nSPS) is 24.2. The smallest absolute Gasteiger partial charge is 0.241 e. The molecule has 1 heterocycles. The molecule has 2 rings (SSSR count).